The van der Waals surface area contributed by atoms with Crippen LogP contribution in [0.25, 0.3) is 11.3 Å². The van der Waals surface area contributed by atoms with Crippen LogP contribution in [0.1, 0.15) is 22.8 Å². The van der Waals surface area contributed by atoms with Crippen LogP contribution in [0.3, 0.4) is 0 Å². The number of rotatable bonds is 4. The number of carbonyl (C=O) groups is 1. The SMILES string of the molecule is CCOC(=O)c1c[nH]c(-c2c(O)cc(OC)c3c2CCO3)cc1=O. The Morgan fingerprint density at radius 3 is 2.88 bits per heavy atom. The largest absolute Gasteiger partial charge is 0.507 e. The monoisotopic (exact) mass is 331 g/mol. The molecule has 2 N–H and O–H groups in total. The van der Waals surface area contributed by atoms with E-state index < -0.39 is 11.4 Å². The van der Waals surface area contributed by atoms with Gasteiger partial charge in [0, 0.05) is 35.9 Å². The van der Waals surface area contributed by atoms with E-state index in [4.69, 9.17) is 14.2 Å². The highest BCUT2D eigenvalue weighted by Crippen LogP contribution is 2.46. The van der Waals surface area contributed by atoms with Crippen LogP contribution in [0.5, 0.6) is 17.2 Å². The second-order valence-corrected chi connectivity index (χ2v) is 5.22. The molecule has 0 bridgehead atoms. The number of pyridine rings is 1. The number of aromatic amines is 1. The average Bonchev–Trinajstić information content (AvgIpc) is 3.03. The number of methoxy groups -OCH3 is 1. The van der Waals surface area contributed by atoms with E-state index >= 15 is 0 Å². The van der Waals surface area contributed by atoms with Crippen LogP contribution in [0.4, 0.5) is 0 Å². The summed E-state index contributed by atoms with van der Waals surface area (Å²) in [7, 11) is 1.49. The van der Waals surface area contributed by atoms with Gasteiger partial charge < -0.3 is 24.3 Å². The van der Waals surface area contributed by atoms with E-state index in [2.05, 4.69) is 4.98 Å². The molecule has 1 aliphatic rings. The second kappa shape index (κ2) is 6.27. The molecule has 0 spiro atoms. The number of aromatic nitrogens is 1. The molecule has 24 heavy (non-hydrogen) atoms. The predicted octanol–water partition coefficient (Wildman–Crippen LogP) is 1.87. The topological polar surface area (TPSA) is 97.9 Å². The standard InChI is InChI=1S/C17H17NO6/c1-3-23-17(21)10-8-18-11(6-12(10)19)15-9-4-5-24-16(9)14(22-2)7-13(15)20/h6-8,20H,3-5H2,1-2H3,(H,18,19). The van der Waals surface area contributed by atoms with Crippen molar-refractivity contribution in [2.24, 2.45) is 0 Å². The van der Waals surface area contributed by atoms with Gasteiger partial charge in [-0.2, -0.15) is 0 Å². The Kier molecular flexibility index (Phi) is 4.16. The molecule has 0 atom stereocenters. The highest BCUT2D eigenvalue weighted by molar-refractivity contribution is 5.89. The van der Waals surface area contributed by atoms with Gasteiger partial charge in [-0.15, -0.1) is 0 Å². The first-order valence-corrected chi connectivity index (χ1v) is 7.52. The molecule has 0 fully saturated rings. The van der Waals surface area contributed by atoms with Crippen molar-refractivity contribution in [3.63, 3.8) is 0 Å². The van der Waals surface area contributed by atoms with Crippen molar-refractivity contribution in [2.75, 3.05) is 20.3 Å². The van der Waals surface area contributed by atoms with Gasteiger partial charge in [0.2, 0.25) is 0 Å². The van der Waals surface area contributed by atoms with Crippen molar-refractivity contribution in [3.05, 3.63) is 39.7 Å². The molecule has 7 nitrogen and oxygen atoms in total. The number of fused-ring (bicyclic) bond motifs is 1. The number of aromatic hydroxyl groups is 1. The van der Waals surface area contributed by atoms with Gasteiger partial charge in [0.1, 0.15) is 11.3 Å². The van der Waals surface area contributed by atoms with Crippen LogP contribution < -0.4 is 14.9 Å². The molecule has 1 aromatic heterocycles. The predicted molar refractivity (Wildman–Crippen MR) is 85.9 cm³/mol. The van der Waals surface area contributed by atoms with Crippen LogP contribution in [0.15, 0.2) is 23.1 Å². The summed E-state index contributed by atoms with van der Waals surface area (Å²) < 4.78 is 15.6. The number of esters is 1. The zero-order valence-corrected chi connectivity index (χ0v) is 13.3. The molecule has 1 aromatic carbocycles. The zero-order valence-electron chi connectivity index (χ0n) is 13.3. The first-order valence-electron chi connectivity index (χ1n) is 7.52. The minimum Gasteiger partial charge on any atom is -0.507 e. The zero-order chi connectivity index (χ0) is 17.3. The van der Waals surface area contributed by atoms with E-state index in [1.54, 1.807) is 6.92 Å². The molecular weight excluding hydrogens is 314 g/mol. The number of phenolic OH excluding ortho intramolecular Hbond substituents is 1. The molecule has 7 heteroatoms. The van der Waals surface area contributed by atoms with E-state index in [1.807, 2.05) is 0 Å². The fraction of sp³-hybridized carbons (Fsp3) is 0.294. The number of ether oxygens (including phenoxy) is 3. The van der Waals surface area contributed by atoms with E-state index in [1.165, 1.54) is 25.4 Å². The summed E-state index contributed by atoms with van der Waals surface area (Å²) in [6.45, 7) is 2.32. The average molecular weight is 331 g/mol. The van der Waals surface area contributed by atoms with Gasteiger partial charge in [0.25, 0.3) is 0 Å². The van der Waals surface area contributed by atoms with E-state index in [0.717, 1.165) is 5.56 Å². The summed E-state index contributed by atoms with van der Waals surface area (Å²) in [4.78, 5) is 26.8. The Bertz CT molecular complexity index is 855. The number of hydrogen-bond acceptors (Lipinski definition) is 6. The summed E-state index contributed by atoms with van der Waals surface area (Å²) >= 11 is 0. The fourth-order valence-corrected chi connectivity index (χ4v) is 2.77. The van der Waals surface area contributed by atoms with Crippen LogP contribution in [0, 0.1) is 0 Å². The number of phenols is 1. The van der Waals surface area contributed by atoms with Gasteiger partial charge in [-0.3, -0.25) is 4.79 Å². The number of benzene rings is 1. The van der Waals surface area contributed by atoms with Gasteiger partial charge >= 0.3 is 5.97 Å². The maximum Gasteiger partial charge on any atom is 0.343 e. The van der Waals surface area contributed by atoms with Gasteiger partial charge in [0.05, 0.1) is 26.0 Å². The summed E-state index contributed by atoms with van der Waals surface area (Å²) in [5.41, 5.74) is 1.06. The van der Waals surface area contributed by atoms with Crippen molar-refractivity contribution in [2.45, 2.75) is 13.3 Å². The third kappa shape index (κ3) is 2.58. The normalized spacial score (nSPS) is 12.4. The molecule has 0 radical (unpaired) electrons. The quantitative estimate of drug-likeness (QED) is 0.830. The first-order chi connectivity index (χ1) is 11.6. The molecule has 2 heterocycles. The molecule has 126 valence electrons. The maximum absolute atomic E-state index is 12.2. The van der Waals surface area contributed by atoms with E-state index in [0.29, 0.717) is 35.8 Å². The number of nitrogens with one attached hydrogen (secondary N) is 1. The molecule has 0 aliphatic carbocycles. The van der Waals surface area contributed by atoms with Crippen molar-refractivity contribution in [3.8, 4) is 28.5 Å². The van der Waals surface area contributed by atoms with Gasteiger partial charge in [-0.25, -0.2) is 4.79 Å². The maximum atomic E-state index is 12.2. The van der Waals surface area contributed by atoms with Crippen LogP contribution in [-0.2, 0) is 11.2 Å². The van der Waals surface area contributed by atoms with Crippen LogP contribution >= 0.6 is 0 Å². The lowest BCUT2D eigenvalue weighted by Gasteiger charge is -2.13. The molecule has 1 aliphatic heterocycles. The lowest BCUT2D eigenvalue weighted by atomic mass is 9.99. The van der Waals surface area contributed by atoms with Crippen molar-refractivity contribution in [1.29, 1.82) is 0 Å². The molecule has 2 aromatic rings. The third-order valence-electron chi connectivity index (χ3n) is 3.82. The lowest BCUT2D eigenvalue weighted by molar-refractivity contribution is 0.0524. The van der Waals surface area contributed by atoms with Crippen molar-refractivity contribution in [1.82, 2.24) is 4.98 Å². The van der Waals surface area contributed by atoms with Crippen LogP contribution in [0.2, 0.25) is 0 Å². The summed E-state index contributed by atoms with van der Waals surface area (Å²) in [6.07, 6.45) is 1.87. The molecule has 0 unspecified atom stereocenters. The Morgan fingerprint density at radius 1 is 1.42 bits per heavy atom. The number of hydrogen-bond donors (Lipinski definition) is 2. The Balaban J connectivity index is 2.11. The Morgan fingerprint density at radius 2 is 2.21 bits per heavy atom. The smallest absolute Gasteiger partial charge is 0.343 e. The molecule has 0 saturated carbocycles. The highest BCUT2D eigenvalue weighted by atomic mass is 16.5. The molecule has 3 rings (SSSR count). The van der Waals surface area contributed by atoms with Gasteiger partial charge in [-0.1, -0.05) is 0 Å². The molecule has 0 amide bonds. The lowest BCUT2D eigenvalue weighted by Crippen LogP contribution is -2.17. The summed E-state index contributed by atoms with van der Waals surface area (Å²) in [5, 5.41) is 10.3. The number of carbonyl (C=O) groups excluding carboxylic acids is 1. The fourth-order valence-electron chi connectivity index (χ4n) is 2.77. The highest BCUT2D eigenvalue weighted by Gasteiger charge is 2.26. The van der Waals surface area contributed by atoms with Gasteiger partial charge in [-0.05, 0) is 6.92 Å². The van der Waals surface area contributed by atoms with Crippen molar-refractivity contribution >= 4 is 5.97 Å². The summed E-state index contributed by atoms with van der Waals surface area (Å²) in [6, 6.07) is 2.71. The Labute approximate surface area is 137 Å². The van der Waals surface area contributed by atoms with Crippen LogP contribution in [-0.4, -0.2) is 36.4 Å². The minimum absolute atomic E-state index is 0.0318. The first kappa shape index (κ1) is 15.9. The van der Waals surface area contributed by atoms with E-state index in [-0.39, 0.29) is 17.9 Å². The minimum atomic E-state index is -0.683. The third-order valence-corrected chi connectivity index (χ3v) is 3.82. The summed E-state index contributed by atoms with van der Waals surface area (Å²) in [5.74, 6) is 0.281. The second-order valence-electron chi connectivity index (χ2n) is 5.22. The van der Waals surface area contributed by atoms with E-state index in [9.17, 15) is 14.7 Å². The Hall–Kier alpha value is -2.96. The molecule has 0 saturated heterocycles. The van der Waals surface area contributed by atoms with Gasteiger partial charge in [0.15, 0.2) is 16.9 Å². The number of H-pyrrole nitrogens is 1. The van der Waals surface area contributed by atoms with Crippen molar-refractivity contribution < 1.29 is 24.1 Å². The molecular formula is C17H17NO6.